The molecule has 0 aliphatic carbocycles. The van der Waals surface area contributed by atoms with Gasteiger partial charge in [-0.05, 0) is 42.8 Å². The Labute approximate surface area is 220 Å². The van der Waals surface area contributed by atoms with E-state index in [9.17, 15) is 0 Å². The van der Waals surface area contributed by atoms with Crippen LogP contribution < -0.4 is 9.30 Å². The molecule has 7 heteroatoms. The molecule has 0 atom stereocenters. The molecule has 0 saturated heterocycles. The largest absolute Gasteiger partial charge is 0.502 e. The molecule has 4 aromatic heterocycles. The number of hydrogen-bond donors (Lipinski definition) is 0. The van der Waals surface area contributed by atoms with Crippen LogP contribution in [0.15, 0.2) is 55.1 Å². The number of fused-ring (bicyclic) bond motifs is 1. The zero-order chi connectivity index (χ0) is 24.0. The van der Waals surface area contributed by atoms with Crippen LogP contribution in [0, 0.1) is 32.3 Å². The molecule has 182 valence electrons. The van der Waals surface area contributed by atoms with Gasteiger partial charge in [0.2, 0.25) is 6.33 Å². The van der Waals surface area contributed by atoms with Gasteiger partial charge in [-0.3, -0.25) is 4.98 Å². The molecule has 0 unspecified atom stereocenters. The van der Waals surface area contributed by atoms with E-state index in [4.69, 9.17) is 9.72 Å². The Kier molecular flexibility index (Phi) is 6.70. The fourth-order valence-corrected chi connectivity index (χ4v) is 3.85. The first-order valence-electron chi connectivity index (χ1n) is 11.2. The molecule has 0 amide bonds. The Bertz CT molecular complexity index is 1510. The maximum Gasteiger partial charge on any atom is 0.241 e. The standard InChI is InChI=1S/C28H27N5O.Pt/c1-19-20(2)33-17-24(34-23-9-7-8-22(15-23)32-13-12-31(6)18-32)16-25(27(33)30-19)26-14-21(10-11-29-26)28(3,4)5;/h7-14,17H,1-6H3;/q-2;. The third-order valence-corrected chi connectivity index (χ3v) is 5.92. The van der Waals surface area contributed by atoms with Crippen molar-refractivity contribution in [3.63, 3.8) is 0 Å². The van der Waals surface area contributed by atoms with Gasteiger partial charge in [-0.1, -0.05) is 44.2 Å². The smallest absolute Gasteiger partial charge is 0.241 e. The SMILES string of the molecule is Cc1nc2c(-c3cc(C(C)(C)C)ccn3)[c-]c(Oc3[c-]c(-[n+]4[c-]n(C)cc4)ccc3)cn2c1C.[Pt]. The number of nitrogens with zero attached hydrogens (tertiary/aromatic N) is 5. The predicted molar refractivity (Wildman–Crippen MR) is 130 cm³/mol. The minimum atomic E-state index is 0. The summed E-state index contributed by atoms with van der Waals surface area (Å²) in [6.45, 7) is 10.6. The number of ether oxygens (including phenoxy) is 1. The van der Waals surface area contributed by atoms with Crippen LogP contribution in [-0.4, -0.2) is 18.9 Å². The Hall–Kier alpha value is -3.24. The Morgan fingerprint density at radius 1 is 1.06 bits per heavy atom. The van der Waals surface area contributed by atoms with Crippen molar-refractivity contribution in [1.82, 2.24) is 18.9 Å². The van der Waals surface area contributed by atoms with Gasteiger partial charge in [0.05, 0.1) is 18.4 Å². The van der Waals surface area contributed by atoms with Crippen molar-refractivity contribution >= 4 is 5.65 Å². The van der Waals surface area contributed by atoms with Gasteiger partial charge in [-0.15, -0.1) is 12.1 Å². The first-order valence-corrected chi connectivity index (χ1v) is 11.2. The zero-order valence-corrected chi connectivity index (χ0v) is 22.9. The van der Waals surface area contributed by atoms with Crippen molar-refractivity contribution in [1.29, 1.82) is 0 Å². The van der Waals surface area contributed by atoms with Crippen molar-refractivity contribution in [2.75, 3.05) is 0 Å². The van der Waals surface area contributed by atoms with Gasteiger partial charge in [0.1, 0.15) is 0 Å². The molecule has 35 heavy (non-hydrogen) atoms. The molecule has 1 aromatic carbocycles. The Balaban J connectivity index is 0.00000289. The zero-order valence-electron chi connectivity index (χ0n) is 20.7. The summed E-state index contributed by atoms with van der Waals surface area (Å²) in [6.07, 6.45) is 10.8. The number of benzene rings is 1. The van der Waals surface area contributed by atoms with Gasteiger partial charge in [-0.2, -0.15) is 12.1 Å². The monoisotopic (exact) mass is 644 g/mol. The van der Waals surface area contributed by atoms with Gasteiger partial charge in [0.15, 0.2) is 0 Å². The van der Waals surface area contributed by atoms with E-state index in [1.54, 1.807) is 0 Å². The van der Waals surface area contributed by atoms with E-state index in [0.29, 0.717) is 11.5 Å². The number of pyridine rings is 2. The minimum absolute atomic E-state index is 0. The maximum atomic E-state index is 6.26. The van der Waals surface area contributed by atoms with E-state index in [-0.39, 0.29) is 26.5 Å². The van der Waals surface area contributed by atoms with Crippen LogP contribution in [0.1, 0.15) is 37.7 Å². The molecule has 0 radical (unpaired) electrons. The molecular formula is C28H27N5OPt-2. The van der Waals surface area contributed by atoms with E-state index in [1.165, 1.54) is 5.56 Å². The molecule has 0 fully saturated rings. The molecule has 0 N–H and O–H groups in total. The molecular weight excluding hydrogens is 617 g/mol. The minimum Gasteiger partial charge on any atom is -0.502 e. The molecule has 4 heterocycles. The van der Waals surface area contributed by atoms with Crippen LogP contribution in [0.25, 0.3) is 22.6 Å². The maximum absolute atomic E-state index is 6.26. The van der Waals surface area contributed by atoms with Crippen LogP contribution in [0.3, 0.4) is 0 Å². The second-order valence-corrected chi connectivity index (χ2v) is 9.53. The summed E-state index contributed by atoms with van der Waals surface area (Å²) in [5.74, 6) is 1.16. The molecule has 0 aliphatic heterocycles. The normalized spacial score (nSPS) is 11.5. The molecule has 0 bridgehead atoms. The number of aryl methyl sites for hydroxylation is 3. The molecule has 0 aliphatic rings. The van der Waals surface area contributed by atoms with Gasteiger partial charge < -0.3 is 23.3 Å². The quantitative estimate of drug-likeness (QED) is 0.202. The van der Waals surface area contributed by atoms with E-state index < -0.39 is 0 Å². The number of rotatable bonds is 4. The van der Waals surface area contributed by atoms with Crippen molar-refractivity contribution in [2.45, 2.75) is 40.0 Å². The van der Waals surface area contributed by atoms with Crippen molar-refractivity contribution < 1.29 is 30.4 Å². The van der Waals surface area contributed by atoms with Gasteiger partial charge in [-0.25, -0.2) is 0 Å². The van der Waals surface area contributed by atoms with E-state index in [1.807, 2.05) is 70.5 Å². The Morgan fingerprint density at radius 3 is 2.57 bits per heavy atom. The van der Waals surface area contributed by atoms with E-state index in [0.717, 1.165) is 34.0 Å². The summed E-state index contributed by atoms with van der Waals surface area (Å²) in [6, 6.07) is 16.7. The van der Waals surface area contributed by atoms with Crippen LogP contribution in [0.5, 0.6) is 11.5 Å². The second kappa shape index (κ2) is 9.43. The molecule has 5 rings (SSSR count). The third-order valence-electron chi connectivity index (χ3n) is 5.92. The van der Waals surface area contributed by atoms with Crippen molar-refractivity contribution in [2.24, 2.45) is 7.05 Å². The van der Waals surface area contributed by atoms with E-state index in [2.05, 4.69) is 63.3 Å². The number of hydrogen-bond acceptors (Lipinski definition) is 3. The van der Waals surface area contributed by atoms with Gasteiger partial charge in [0.25, 0.3) is 0 Å². The summed E-state index contributed by atoms with van der Waals surface area (Å²) >= 11 is 0. The average molecular weight is 645 g/mol. The van der Waals surface area contributed by atoms with Gasteiger partial charge >= 0.3 is 0 Å². The average Bonchev–Trinajstić information content (AvgIpc) is 3.36. The first-order chi connectivity index (χ1) is 16.2. The number of aromatic nitrogens is 5. The van der Waals surface area contributed by atoms with Crippen LogP contribution in [0.2, 0.25) is 0 Å². The van der Waals surface area contributed by atoms with Crippen LogP contribution in [-0.2, 0) is 33.5 Å². The van der Waals surface area contributed by atoms with Crippen molar-refractivity contribution in [3.05, 3.63) is 90.5 Å². The summed E-state index contributed by atoms with van der Waals surface area (Å²) in [5, 5.41) is 0. The molecule has 6 nitrogen and oxygen atoms in total. The predicted octanol–water partition coefficient (Wildman–Crippen LogP) is 5.12. The van der Waals surface area contributed by atoms with E-state index >= 15 is 0 Å². The summed E-state index contributed by atoms with van der Waals surface area (Å²) in [7, 11) is 1.93. The third kappa shape index (κ3) is 4.94. The van der Waals surface area contributed by atoms with Gasteiger partial charge in [0, 0.05) is 56.8 Å². The summed E-state index contributed by atoms with van der Waals surface area (Å²) in [5.41, 5.74) is 6.50. The Morgan fingerprint density at radius 2 is 1.86 bits per heavy atom. The molecule has 0 saturated carbocycles. The fraction of sp³-hybridized carbons (Fsp3) is 0.250. The summed E-state index contributed by atoms with van der Waals surface area (Å²) < 4.78 is 12.0. The van der Waals surface area contributed by atoms with Crippen LogP contribution in [0.4, 0.5) is 0 Å². The first kappa shape index (κ1) is 24.9. The molecule has 5 aromatic rings. The van der Waals surface area contributed by atoms with Crippen LogP contribution >= 0.6 is 0 Å². The van der Waals surface area contributed by atoms with Crippen molar-refractivity contribution in [3.8, 4) is 28.4 Å². The summed E-state index contributed by atoms with van der Waals surface area (Å²) in [4.78, 5) is 9.46. The number of imidazole rings is 2. The second-order valence-electron chi connectivity index (χ2n) is 9.53. The topological polar surface area (TPSA) is 48.2 Å². The molecule has 0 spiro atoms. The fourth-order valence-electron chi connectivity index (χ4n) is 3.85.